The van der Waals surface area contributed by atoms with E-state index in [4.69, 9.17) is 16.7 Å². The Hall–Kier alpha value is -2.07. The molecule has 1 aromatic carbocycles. The molecule has 1 aliphatic rings. The summed E-state index contributed by atoms with van der Waals surface area (Å²) in [6, 6.07) is 9.87. The van der Waals surface area contributed by atoms with Crippen LogP contribution in [0.4, 0.5) is 5.69 Å². The number of rotatable bonds is 4. The van der Waals surface area contributed by atoms with Crippen LogP contribution in [0.1, 0.15) is 23.5 Å². The number of pyridine rings is 1. The van der Waals surface area contributed by atoms with E-state index in [0.29, 0.717) is 18.1 Å². The predicted octanol–water partition coefficient (Wildman–Crippen LogP) is 3.31. The van der Waals surface area contributed by atoms with E-state index in [2.05, 4.69) is 9.88 Å². The molecule has 5 heteroatoms. The van der Waals surface area contributed by atoms with E-state index < -0.39 is 5.97 Å². The Morgan fingerprint density at radius 1 is 1.38 bits per heavy atom. The van der Waals surface area contributed by atoms with Crippen LogP contribution < -0.4 is 4.90 Å². The van der Waals surface area contributed by atoms with Gasteiger partial charge in [0.2, 0.25) is 0 Å². The van der Waals surface area contributed by atoms with Crippen LogP contribution in [0.2, 0.25) is 5.02 Å². The maximum absolute atomic E-state index is 11.0. The molecule has 2 heterocycles. The molecule has 1 aliphatic heterocycles. The number of benzene rings is 1. The van der Waals surface area contributed by atoms with Gasteiger partial charge >= 0.3 is 5.97 Å². The van der Waals surface area contributed by atoms with Crippen LogP contribution in [-0.2, 0) is 11.3 Å². The van der Waals surface area contributed by atoms with Crippen molar-refractivity contribution in [1.29, 1.82) is 0 Å². The van der Waals surface area contributed by atoms with Crippen molar-refractivity contribution in [3.05, 3.63) is 58.9 Å². The number of carbonyl (C=O) groups is 1. The lowest BCUT2D eigenvalue weighted by Crippen LogP contribution is -2.22. The summed E-state index contributed by atoms with van der Waals surface area (Å²) >= 11 is 6.17. The SMILES string of the molecule is O=C(O)CC1CN(Cc2ccncc2Cl)c2ccccc21. The van der Waals surface area contributed by atoms with Crippen molar-refractivity contribution < 1.29 is 9.90 Å². The second-order valence-corrected chi connectivity index (χ2v) is 5.61. The molecule has 0 saturated carbocycles. The molecule has 1 aromatic heterocycles. The number of carboxylic acids is 1. The molecular weight excluding hydrogens is 288 g/mol. The molecule has 0 spiro atoms. The van der Waals surface area contributed by atoms with Crippen LogP contribution in [0.15, 0.2) is 42.7 Å². The number of carboxylic acid groups (broad SMARTS) is 1. The maximum atomic E-state index is 11.0. The molecular formula is C16H15ClN2O2. The van der Waals surface area contributed by atoms with Crippen molar-refractivity contribution in [2.45, 2.75) is 18.9 Å². The number of para-hydroxylation sites is 1. The minimum atomic E-state index is -0.765. The Labute approximate surface area is 128 Å². The van der Waals surface area contributed by atoms with Crippen LogP contribution in [0, 0.1) is 0 Å². The number of hydrogen-bond acceptors (Lipinski definition) is 3. The smallest absolute Gasteiger partial charge is 0.304 e. The standard InChI is InChI=1S/C16H15ClN2O2/c17-14-8-18-6-5-11(14)9-19-10-12(7-16(20)21)13-3-1-2-4-15(13)19/h1-6,8,12H,7,9-10H2,(H,20,21). The summed E-state index contributed by atoms with van der Waals surface area (Å²) in [5, 5.41) is 9.71. The molecule has 2 aromatic rings. The van der Waals surface area contributed by atoms with Crippen molar-refractivity contribution >= 4 is 23.3 Å². The van der Waals surface area contributed by atoms with E-state index in [-0.39, 0.29) is 12.3 Å². The summed E-state index contributed by atoms with van der Waals surface area (Å²) in [7, 11) is 0. The lowest BCUT2D eigenvalue weighted by Gasteiger charge is -2.20. The van der Waals surface area contributed by atoms with Gasteiger partial charge in [0.15, 0.2) is 0 Å². The minimum absolute atomic E-state index is 0.0271. The van der Waals surface area contributed by atoms with Crippen LogP contribution >= 0.6 is 11.6 Å². The van der Waals surface area contributed by atoms with Crippen molar-refractivity contribution in [3.63, 3.8) is 0 Å². The third-order valence-electron chi connectivity index (χ3n) is 3.80. The number of anilines is 1. The number of fused-ring (bicyclic) bond motifs is 1. The first-order valence-corrected chi connectivity index (χ1v) is 7.17. The monoisotopic (exact) mass is 302 g/mol. The van der Waals surface area contributed by atoms with Crippen LogP contribution in [0.25, 0.3) is 0 Å². The van der Waals surface area contributed by atoms with Gasteiger partial charge in [0, 0.05) is 37.1 Å². The van der Waals surface area contributed by atoms with Gasteiger partial charge in [0.1, 0.15) is 0 Å². The zero-order valence-electron chi connectivity index (χ0n) is 11.4. The van der Waals surface area contributed by atoms with Gasteiger partial charge in [-0.1, -0.05) is 29.8 Å². The average Bonchev–Trinajstić information content (AvgIpc) is 2.79. The molecule has 1 unspecified atom stereocenters. The second-order valence-electron chi connectivity index (χ2n) is 5.20. The molecule has 0 bridgehead atoms. The summed E-state index contributed by atoms with van der Waals surface area (Å²) < 4.78 is 0. The Morgan fingerprint density at radius 2 is 2.19 bits per heavy atom. The molecule has 4 nitrogen and oxygen atoms in total. The van der Waals surface area contributed by atoms with Crippen molar-refractivity contribution in [2.75, 3.05) is 11.4 Å². The van der Waals surface area contributed by atoms with Crippen LogP contribution in [0.5, 0.6) is 0 Å². The zero-order chi connectivity index (χ0) is 14.8. The lowest BCUT2D eigenvalue weighted by atomic mass is 9.98. The van der Waals surface area contributed by atoms with E-state index in [0.717, 1.165) is 16.8 Å². The van der Waals surface area contributed by atoms with E-state index in [1.807, 2.05) is 30.3 Å². The fourth-order valence-electron chi connectivity index (χ4n) is 2.86. The largest absolute Gasteiger partial charge is 0.481 e. The normalized spacial score (nSPS) is 16.8. The van der Waals surface area contributed by atoms with Gasteiger partial charge < -0.3 is 10.0 Å². The third-order valence-corrected chi connectivity index (χ3v) is 4.14. The first-order chi connectivity index (χ1) is 10.1. The first kappa shape index (κ1) is 13.9. The van der Waals surface area contributed by atoms with Crippen molar-refractivity contribution in [2.24, 2.45) is 0 Å². The van der Waals surface area contributed by atoms with E-state index in [1.54, 1.807) is 12.4 Å². The number of nitrogens with zero attached hydrogens (tertiary/aromatic N) is 2. The average molecular weight is 303 g/mol. The molecule has 0 saturated heterocycles. The van der Waals surface area contributed by atoms with E-state index >= 15 is 0 Å². The quantitative estimate of drug-likeness (QED) is 0.941. The molecule has 3 rings (SSSR count). The van der Waals surface area contributed by atoms with Crippen LogP contribution in [0.3, 0.4) is 0 Å². The number of halogens is 1. The summed E-state index contributed by atoms with van der Waals surface area (Å²) in [5.74, 6) is -0.738. The highest BCUT2D eigenvalue weighted by atomic mass is 35.5. The highest BCUT2D eigenvalue weighted by Crippen LogP contribution is 2.39. The fourth-order valence-corrected chi connectivity index (χ4v) is 3.04. The topological polar surface area (TPSA) is 53.4 Å². The molecule has 1 atom stereocenters. The van der Waals surface area contributed by atoms with E-state index in [1.165, 1.54) is 0 Å². The van der Waals surface area contributed by atoms with Gasteiger partial charge in [-0.15, -0.1) is 0 Å². The molecule has 0 fully saturated rings. The van der Waals surface area contributed by atoms with Crippen LogP contribution in [-0.4, -0.2) is 22.6 Å². The zero-order valence-corrected chi connectivity index (χ0v) is 12.1. The molecule has 0 aliphatic carbocycles. The third kappa shape index (κ3) is 2.85. The van der Waals surface area contributed by atoms with E-state index in [9.17, 15) is 4.79 Å². The summed E-state index contributed by atoms with van der Waals surface area (Å²) in [4.78, 5) is 17.2. The highest BCUT2D eigenvalue weighted by molar-refractivity contribution is 6.31. The number of aromatic nitrogens is 1. The van der Waals surface area contributed by atoms with Gasteiger partial charge in [-0.3, -0.25) is 9.78 Å². The predicted molar refractivity (Wildman–Crippen MR) is 81.7 cm³/mol. The molecule has 1 N–H and O–H groups in total. The number of hydrogen-bond donors (Lipinski definition) is 1. The van der Waals surface area contributed by atoms with Gasteiger partial charge in [-0.25, -0.2) is 0 Å². The maximum Gasteiger partial charge on any atom is 0.304 e. The van der Waals surface area contributed by atoms with Gasteiger partial charge in [-0.2, -0.15) is 0 Å². The van der Waals surface area contributed by atoms with Gasteiger partial charge in [0.25, 0.3) is 0 Å². The Balaban J connectivity index is 1.88. The Morgan fingerprint density at radius 3 is 2.95 bits per heavy atom. The second kappa shape index (κ2) is 5.74. The summed E-state index contributed by atoms with van der Waals surface area (Å²) in [6.07, 6.45) is 3.50. The molecule has 108 valence electrons. The lowest BCUT2D eigenvalue weighted by molar-refractivity contribution is -0.137. The molecule has 0 amide bonds. The minimum Gasteiger partial charge on any atom is -0.481 e. The Kier molecular flexibility index (Phi) is 3.80. The summed E-state index contributed by atoms with van der Waals surface area (Å²) in [6.45, 7) is 1.36. The Bertz CT molecular complexity index is 675. The highest BCUT2D eigenvalue weighted by Gasteiger charge is 2.29. The number of aliphatic carboxylic acids is 1. The first-order valence-electron chi connectivity index (χ1n) is 6.79. The summed E-state index contributed by atoms with van der Waals surface area (Å²) in [5.41, 5.74) is 3.19. The molecule has 21 heavy (non-hydrogen) atoms. The van der Waals surface area contributed by atoms with Gasteiger partial charge in [-0.05, 0) is 23.3 Å². The van der Waals surface area contributed by atoms with Crippen molar-refractivity contribution in [3.8, 4) is 0 Å². The molecule has 0 radical (unpaired) electrons. The fraction of sp³-hybridized carbons (Fsp3) is 0.250. The van der Waals surface area contributed by atoms with Crippen molar-refractivity contribution in [1.82, 2.24) is 4.98 Å². The van der Waals surface area contributed by atoms with Gasteiger partial charge in [0.05, 0.1) is 11.4 Å².